The third-order valence-corrected chi connectivity index (χ3v) is 5.23. The lowest BCUT2D eigenvalue weighted by atomic mass is 9.92. The number of rotatable bonds is 3. The first-order valence-corrected chi connectivity index (χ1v) is 9.50. The fourth-order valence-corrected chi connectivity index (χ4v) is 3.55. The molecule has 0 aromatic heterocycles. The Morgan fingerprint density at radius 2 is 1.73 bits per heavy atom. The number of halogens is 2. The van der Waals surface area contributed by atoms with E-state index in [4.69, 9.17) is 21.5 Å². The zero-order valence-corrected chi connectivity index (χ0v) is 15.5. The van der Waals surface area contributed by atoms with Gasteiger partial charge in [-0.3, -0.25) is 4.79 Å². The van der Waals surface area contributed by atoms with Crippen molar-refractivity contribution in [3.63, 3.8) is 0 Å². The molecule has 0 radical (unpaired) electrons. The van der Waals surface area contributed by atoms with Crippen LogP contribution in [-0.2, 0) is 19.6 Å². The number of carbonyl (C=O) groups is 1. The van der Waals surface area contributed by atoms with Crippen LogP contribution in [0, 0.1) is 5.82 Å². The number of Topliss-reactive ketones (excluding diaryl/α,β-unsaturated/α-hetero) is 1. The number of carbonyl (C=O) groups excluding carboxylic acids is 1. The molecule has 0 saturated carbocycles. The average molecular weight is 396 g/mol. The largest absolute Gasteiger partial charge is 0.478 e. The number of ether oxygens (including phenoxy) is 1. The minimum Gasteiger partial charge on any atom is -0.478 e. The van der Waals surface area contributed by atoms with Crippen molar-refractivity contribution in [2.24, 2.45) is 5.14 Å². The maximum absolute atomic E-state index is 13.2. The van der Waals surface area contributed by atoms with Crippen molar-refractivity contribution in [3.05, 3.63) is 64.4 Å². The Labute approximate surface area is 155 Å². The molecular weight excluding hydrogens is 381 g/mol. The standard InChI is InChI=1S/C18H15ClFNO4S/c1-18(2)17(22)15(10-3-5-11(20)6-4-10)16(25-18)13-8-7-12(9-14(13)19)26(21,23)24/h3-9H,1-2H3,(H2,21,23,24). The molecule has 0 bridgehead atoms. The second-order valence-electron chi connectivity index (χ2n) is 6.34. The Balaban J connectivity index is 2.22. The summed E-state index contributed by atoms with van der Waals surface area (Å²) in [6.07, 6.45) is 0. The molecule has 136 valence electrons. The fourth-order valence-electron chi connectivity index (χ4n) is 2.68. The average Bonchev–Trinajstić information content (AvgIpc) is 2.77. The van der Waals surface area contributed by atoms with Gasteiger partial charge in [-0.15, -0.1) is 0 Å². The van der Waals surface area contributed by atoms with E-state index in [1.165, 1.54) is 42.5 Å². The zero-order valence-electron chi connectivity index (χ0n) is 13.9. The van der Waals surface area contributed by atoms with Gasteiger partial charge in [0.05, 0.1) is 15.5 Å². The summed E-state index contributed by atoms with van der Waals surface area (Å²) < 4.78 is 42.0. The van der Waals surface area contributed by atoms with Crippen molar-refractivity contribution in [2.45, 2.75) is 24.3 Å². The molecule has 0 unspecified atom stereocenters. The zero-order chi connectivity index (χ0) is 19.3. The van der Waals surface area contributed by atoms with Gasteiger partial charge in [0.25, 0.3) is 0 Å². The topological polar surface area (TPSA) is 86.5 Å². The van der Waals surface area contributed by atoms with Crippen LogP contribution in [0.25, 0.3) is 11.3 Å². The van der Waals surface area contributed by atoms with Crippen LogP contribution in [-0.4, -0.2) is 19.8 Å². The number of hydrogen-bond acceptors (Lipinski definition) is 4. The van der Waals surface area contributed by atoms with E-state index in [2.05, 4.69) is 0 Å². The summed E-state index contributed by atoms with van der Waals surface area (Å²) in [6, 6.07) is 9.33. The van der Waals surface area contributed by atoms with Gasteiger partial charge in [0.1, 0.15) is 11.6 Å². The quantitative estimate of drug-likeness (QED) is 0.863. The summed E-state index contributed by atoms with van der Waals surface area (Å²) in [6.45, 7) is 3.22. The second-order valence-corrected chi connectivity index (χ2v) is 8.31. The molecule has 0 saturated heterocycles. The molecular formula is C18H15ClFNO4S. The van der Waals surface area contributed by atoms with Gasteiger partial charge >= 0.3 is 0 Å². The Kier molecular flexibility index (Phi) is 4.42. The maximum Gasteiger partial charge on any atom is 0.238 e. The molecule has 2 aromatic rings. The molecule has 0 fully saturated rings. The van der Waals surface area contributed by atoms with Gasteiger partial charge in [0.15, 0.2) is 5.60 Å². The van der Waals surface area contributed by atoms with Crippen molar-refractivity contribution in [1.82, 2.24) is 0 Å². The van der Waals surface area contributed by atoms with Crippen molar-refractivity contribution in [2.75, 3.05) is 0 Å². The lowest BCUT2D eigenvalue weighted by molar-refractivity contribution is -0.125. The van der Waals surface area contributed by atoms with E-state index in [1.54, 1.807) is 13.8 Å². The Morgan fingerprint density at radius 1 is 1.12 bits per heavy atom. The van der Waals surface area contributed by atoms with Crippen LogP contribution in [0.2, 0.25) is 5.02 Å². The summed E-state index contributed by atoms with van der Waals surface area (Å²) in [4.78, 5) is 12.6. The fraction of sp³-hybridized carbons (Fsp3) is 0.167. The molecule has 1 aliphatic heterocycles. The highest BCUT2D eigenvalue weighted by molar-refractivity contribution is 7.89. The van der Waals surface area contributed by atoms with Crippen LogP contribution >= 0.6 is 11.6 Å². The van der Waals surface area contributed by atoms with E-state index >= 15 is 0 Å². The third kappa shape index (κ3) is 3.25. The van der Waals surface area contributed by atoms with Crippen LogP contribution in [0.4, 0.5) is 4.39 Å². The predicted molar refractivity (Wildman–Crippen MR) is 96.2 cm³/mol. The van der Waals surface area contributed by atoms with Gasteiger partial charge in [-0.25, -0.2) is 17.9 Å². The Morgan fingerprint density at radius 3 is 2.27 bits per heavy atom. The van der Waals surface area contributed by atoms with Gasteiger partial charge in [-0.1, -0.05) is 23.7 Å². The molecule has 0 amide bonds. The second kappa shape index (κ2) is 6.19. The lowest BCUT2D eigenvalue weighted by Crippen LogP contribution is -2.29. The third-order valence-electron chi connectivity index (χ3n) is 4.00. The van der Waals surface area contributed by atoms with E-state index in [1.807, 2.05) is 0 Å². The van der Waals surface area contributed by atoms with Gasteiger partial charge < -0.3 is 4.74 Å². The van der Waals surface area contributed by atoms with E-state index in [0.29, 0.717) is 11.1 Å². The van der Waals surface area contributed by atoms with Crippen molar-refractivity contribution >= 4 is 38.7 Å². The van der Waals surface area contributed by atoms with Crippen molar-refractivity contribution in [1.29, 1.82) is 0 Å². The summed E-state index contributed by atoms with van der Waals surface area (Å²) in [5.74, 6) is -0.514. The summed E-state index contributed by atoms with van der Waals surface area (Å²) >= 11 is 6.23. The summed E-state index contributed by atoms with van der Waals surface area (Å²) in [5.41, 5.74) is -0.0674. The number of sulfonamides is 1. The Bertz CT molecular complexity index is 1040. The molecule has 5 nitrogen and oxygen atoms in total. The molecule has 3 rings (SSSR count). The van der Waals surface area contributed by atoms with Crippen LogP contribution in [0.5, 0.6) is 0 Å². The lowest BCUT2D eigenvalue weighted by Gasteiger charge is -2.18. The first kappa shape index (κ1) is 18.6. The number of ketones is 1. The molecule has 1 aliphatic rings. The number of benzene rings is 2. The van der Waals surface area contributed by atoms with Crippen molar-refractivity contribution < 1.29 is 22.3 Å². The minimum atomic E-state index is -3.92. The molecule has 26 heavy (non-hydrogen) atoms. The summed E-state index contributed by atoms with van der Waals surface area (Å²) in [5, 5.41) is 5.17. The molecule has 2 N–H and O–H groups in total. The number of nitrogens with two attached hydrogens (primary N) is 1. The van der Waals surface area contributed by atoms with Crippen molar-refractivity contribution in [3.8, 4) is 0 Å². The highest BCUT2D eigenvalue weighted by Gasteiger charge is 2.43. The molecule has 0 spiro atoms. The molecule has 0 aliphatic carbocycles. The maximum atomic E-state index is 13.2. The minimum absolute atomic E-state index is 0.0663. The van der Waals surface area contributed by atoms with Crippen LogP contribution in [0.1, 0.15) is 25.0 Å². The number of primary sulfonamides is 1. The first-order chi connectivity index (χ1) is 12.0. The van der Waals surface area contributed by atoms with Gasteiger partial charge in [-0.05, 0) is 49.7 Å². The van der Waals surface area contributed by atoms with Gasteiger partial charge in [0, 0.05) is 5.56 Å². The normalized spacial score (nSPS) is 16.7. The molecule has 2 aromatic carbocycles. The number of hydrogen-bond donors (Lipinski definition) is 1. The smallest absolute Gasteiger partial charge is 0.238 e. The van der Waals surface area contributed by atoms with E-state index in [-0.39, 0.29) is 27.0 Å². The van der Waals surface area contributed by atoms with E-state index in [9.17, 15) is 17.6 Å². The van der Waals surface area contributed by atoms with Crippen LogP contribution in [0.3, 0.4) is 0 Å². The molecule has 1 heterocycles. The highest BCUT2D eigenvalue weighted by atomic mass is 35.5. The first-order valence-electron chi connectivity index (χ1n) is 7.57. The van der Waals surface area contributed by atoms with E-state index in [0.717, 1.165) is 0 Å². The Hall–Kier alpha value is -2.22. The van der Waals surface area contributed by atoms with Gasteiger partial charge in [0.2, 0.25) is 15.8 Å². The molecule has 8 heteroatoms. The van der Waals surface area contributed by atoms with E-state index < -0.39 is 21.4 Å². The van der Waals surface area contributed by atoms with Crippen LogP contribution < -0.4 is 5.14 Å². The van der Waals surface area contributed by atoms with Crippen LogP contribution in [0.15, 0.2) is 47.4 Å². The summed E-state index contributed by atoms with van der Waals surface area (Å²) in [7, 11) is -3.92. The SMILES string of the molecule is CC1(C)OC(c2ccc(S(N)(=O)=O)cc2Cl)=C(c2ccc(F)cc2)C1=O. The highest BCUT2D eigenvalue weighted by Crippen LogP contribution is 2.43. The molecule has 0 atom stereocenters. The monoisotopic (exact) mass is 395 g/mol. The van der Waals surface area contributed by atoms with Gasteiger partial charge in [-0.2, -0.15) is 0 Å². The predicted octanol–water partition coefficient (Wildman–Crippen LogP) is 3.37.